The molecule has 0 spiro atoms. The molecule has 0 bridgehead atoms. The molecule has 0 aliphatic rings. The summed E-state index contributed by atoms with van der Waals surface area (Å²) in [6, 6.07) is 0. The second-order valence-electron chi connectivity index (χ2n) is 2.82. The van der Waals surface area contributed by atoms with Gasteiger partial charge < -0.3 is 4.74 Å². The molecule has 65 valence electrons. The number of allylic oxidation sites excluding steroid dienone is 1. The molecule has 0 aromatic carbocycles. The third kappa shape index (κ3) is 7.60. The maximum atomic E-state index is 5.28. The molecule has 1 heteroatoms. The summed E-state index contributed by atoms with van der Waals surface area (Å²) in [4.78, 5) is 0. The molecular weight excluding hydrogens is 136 g/mol. The van der Waals surface area contributed by atoms with E-state index in [1.54, 1.807) is 0 Å². The summed E-state index contributed by atoms with van der Waals surface area (Å²) >= 11 is 0. The average Bonchev–Trinajstić information content (AvgIpc) is 2.04. The molecule has 1 atom stereocenters. The van der Waals surface area contributed by atoms with Crippen molar-refractivity contribution in [1.82, 2.24) is 0 Å². The fourth-order valence-electron chi connectivity index (χ4n) is 0.829. The van der Waals surface area contributed by atoms with E-state index in [0.717, 1.165) is 26.1 Å². The molecule has 0 heterocycles. The summed E-state index contributed by atoms with van der Waals surface area (Å²) < 4.78 is 5.28. The summed E-state index contributed by atoms with van der Waals surface area (Å²) in [5, 5.41) is 0. The summed E-state index contributed by atoms with van der Waals surface area (Å²) in [6.45, 7) is 11.3. The summed E-state index contributed by atoms with van der Waals surface area (Å²) in [5.41, 5.74) is 0. The minimum atomic E-state index is 0.623. The quantitative estimate of drug-likeness (QED) is 0.406. The van der Waals surface area contributed by atoms with Gasteiger partial charge >= 0.3 is 0 Å². The molecule has 1 radical (unpaired) electrons. The highest BCUT2D eigenvalue weighted by Crippen LogP contribution is 2.05. The molecule has 0 aliphatic carbocycles. The van der Waals surface area contributed by atoms with Crippen LogP contribution in [0.2, 0.25) is 0 Å². The third-order valence-electron chi connectivity index (χ3n) is 1.64. The Morgan fingerprint density at radius 2 is 2.18 bits per heavy atom. The summed E-state index contributed by atoms with van der Waals surface area (Å²) in [5.74, 6) is 0.623. The van der Waals surface area contributed by atoms with Crippen LogP contribution in [0.5, 0.6) is 0 Å². The van der Waals surface area contributed by atoms with Gasteiger partial charge in [0.25, 0.3) is 0 Å². The smallest absolute Gasteiger partial charge is 0.0466 e. The Balaban J connectivity index is 2.95. The number of ether oxygens (including phenoxy) is 1. The molecule has 0 amide bonds. The third-order valence-corrected chi connectivity index (χ3v) is 1.64. The zero-order valence-corrected chi connectivity index (χ0v) is 7.51. The van der Waals surface area contributed by atoms with Gasteiger partial charge in [-0.05, 0) is 25.2 Å². The molecule has 0 aliphatic heterocycles. The zero-order valence-electron chi connectivity index (χ0n) is 7.51. The predicted molar refractivity (Wildman–Crippen MR) is 49.4 cm³/mol. The molecule has 0 saturated carbocycles. The molecule has 0 fully saturated rings. The van der Waals surface area contributed by atoms with Crippen LogP contribution in [-0.4, -0.2) is 13.2 Å². The van der Waals surface area contributed by atoms with Crippen molar-refractivity contribution in [2.24, 2.45) is 5.92 Å². The lowest BCUT2D eigenvalue weighted by Crippen LogP contribution is -1.98. The molecule has 0 aromatic heterocycles. The van der Waals surface area contributed by atoms with Gasteiger partial charge in [-0.1, -0.05) is 19.9 Å². The largest absolute Gasteiger partial charge is 0.381 e. The summed E-state index contributed by atoms with van der Waals surface area (Å²) in [6.07, 6.45) is 5.17. The molecule has 0 aromatic rings. The lowest BCUT2D eigenvalue weighted by molar-refractivity contribution is 0.132. The van der Waals surface area contributed by atoms with Gasteiger partial charge in [0.1, 0.15) is 0 Å². The van der Waals surface area contributed by atoms with Crippen LogP contribution in [0.1, 0.15) is 26.2 Å². The van der Waals surface area contributed by atoms with Crippen molar-refractivity contribution in [3.63, 3.8) is 0 Å². The minimum absolute atomic E-state index is 0.623. The van der Waals surface area contributed by atoms with Crippen molar-refractivity contribution in [3.8, 4) is 0 Å². The van der Waals surface area contributed by atoms with Gasteiger partial charge in [-0.15, -0.1) is 6.58 Å². The Labute approximate surface area is 70.4 Å². The predicted octanol–water partition coefficient (Wildman–Crippen LogP) is 2.83. The SMILES string of the molecule is [CH2]CCOCCCC(C)C=C. The average molecular weight is 155 g/mol. The number of hydrogen-bond donors (Lipinski definition) is 0. The van der Waals surface area contributed by atoms with Crippen molar-refractivity contribution < 1.29 is 4.74 Å². The highest BCUT2D eigenvalue weighted by Gasteiger charge is 1.94. The Kier molecular flexibility index (Phi) is 7.59. The van der Waals surface area contributed by atoms with Crippen molar-refractivity contribution in [2.45, 2.75) is 26.2 Å². The highest BCUT2D eigenvalue weighted by atomic mass is 16.5. The van der Waals surface area contributed by atoms with E-state index in [1.165, 1.54) is 6.42 Å². The van der Waals surface area contributed by atoms with Gasteiger partial charge in [0.2, 0.25) is 0 Å². The standard InChI is InChI=1S/C10H19O/c1-4-8-11-9-6-7-10(3)5-2/h5,10H,1-2,4,6-9H2,3H3. The monoisotopic (exact) mass is 155 g/mol. The van der Waals surface area contributed by atoms with Gasteiger partial charge in [-0.3, -0.25) is 0 Å². The topological polar surface area (TPSA) is 9.23 Å². The van der Waals surface area contributed by atoms with Crippen LogP contribution in [-0.2, 0) is 4.74 Å². The van der Waals surface area contributed by atoms with Crippen LogP contribution in [0, 0.1) is 12.8 Å². The maximum Gasteiger partial charge on any atom is 0.0466 e. The fourth-order valence-corrected chi connectivity index (χ4v) is 0.829. The van der Waals surface area contributed by atoms with E-state index in [2.05, 4.69) is 20.4 Å². The van der Waals surface area contributed by atoms with Gasteiger partial charge in [0, 0.05) is 13.2 Å². The lowest BCUT2D eigenvalue weighted by atomic mass is 10.1. The normalized spacial score (nSPS) is 12.9. The van der Waals surface area contributed by atoms with E-state index in [4.69, 9.17) is 4.74 Å². The van der Waals surface area contributed by atoms with Gasteiger partial charge in [-0.25, -0.2) is 0 Å². The number of hydrogen-bond acceptors (Lipinski definition) is 1. The first-order valence-corrected chi connectivity index (χ1v) is 4.30. The van der Waals surface area contributed by atoms with E-state index in [1.807, 2.05) is 6.08 Å². The molecule has 1 nitrogen and oxygen atoms in total. The number of rotatable bonds is 7. The van der Waals surface area contributed by atoms with E-state index in [0.29, 0.717) is 5.92 Å². The fraction of sp³-hybridized carbons (Fsp3) is 0.700. The Hall–Kier alpha value is -0.300. The molecular formula is C10H19O. The first-order chi connectivity index (χ1) is 5.31. The first kappa shape index (κ1) is 10.7. The highest BCUT2D eigenvalue weighted by molar-refractivity contribution is 4.74. The van der Waals surface area contributed by atoms with Crippen LogP contribution in [0.3, 0.4) is 0 Å². The van der Waals surface area contributed by atoms with E-state index in [9.17, 15) is 0 Å². The lowest BCUT2D eigenvalue weighted by Gasteiger charge is -2.05. The van der Waals surface area contributed by atoms with Crippen molar-refractivity contribution >= 4 is 0 Å². The Bertz CT molecular complexity index is 88.9. The zero-order chi connectivity index (χ0) is 8.53. The van der Waals surface area contributed by atoms with Crippen LogP contribution in [0.4, 0.5) is 0 Å². The molecule has 1 unspecified atom stereocenters. The van der Waals surface area contributed by atoms with Crippen LogP contribution in [0.25, 0.3) is 0 Å². The van der Waals surface area contributed by atoms with Crippen molar-refractivity contribution in [3.05, 3.63) is 19.6 Å². The van der Waals surface area contributed by atoms with E-state index >= 15 is 0 Å². The van der Waals surface area contributed by atoms with Crippen LogP contribution < -0.4 is 0 Å². The van der Waals surface area contributed by atoms with Crippen molar-refractivity contribution in [1.29, 1.82) is 0 Å². The molecule has 0 rings (SSSR count). The van der Waals surface area contributed by atoms with Crippen molar-refractivity contribution in [2.75, 3.05) is 13.2 Å². The van der Waals surface area contributed by atoms with E-state index < -0.39 is 0 Å². The maximum absolute atomic E-state index is 5.28. The van der Waals surface area contributed by atoms with E-state index in [-0.39, 0.29) is 0 Å². The van der Waals surface area contributed by atoms with Crippen LogP contribution >= 0.6 is 0 Å². The Morgan fingerprint density at radius 3 is 2.73 bits per heavy atom. The summed E-state index contributed by atoms with van der Waals surface area (Å²) in [7, 11) is 0. The van der Waals surface area contributed by atoms with Gasteiger partial charge in [0.15, 0.2) is 0 Å². The van der Waals surface area contributed by atoms with Gasteiger partial charge in [0.05, 0.1) is 0 Å². The minimum Gasteiger partial charge on any atom is -0.381 e. The first-order valence-electron chi connectivity index (χ1n) is 4.30. The Morgan fingerprint density at radius 1 is 1.45 bits per heavy atom. The van der Waals surface area contributed by atoms with Crippen LogP contribution in [0.15, 0.2) is 12.7 Å². The second kappa shape index (κ2) is 7.80. The molecule has 0 saturated heterocycles. The molecule has 0 N–H and O–H groups in total. The molecule has 11 heavy (non-hydrogen) atoms. The van der Waals surface area contributed by atoms with Gasteiger partial charge in [-0.2, -0.15) is 0 Å². The second-order valence-corrected chi connectivity index (χ2v) is 2.82.